The number of benzene rings is 1. The molecule has 2 N–H and O–H groups in total. The van der Waals surface area contributed by atoms with Crippen LogP contribution < -0.4 is 10.2 Å². The quantitative estimate of drug-likeness (QED) is 0.811. The van der Waals surface area contributed by atoms with E-state index in [4.69, 9.17) is 0 Å². The van der Waals surface area contributed by atoms with Gasteiger partial charge in [0.15, 0.2) is 0 Å². The Balaban J connectivity index is 2.15. The van der Waals surface area contributed by atoms with Gasteiger partial charge in [0.1, 0.15) is 5.82 Å². The number of aliphatic hydroxyl groups excluding tert-OH is 1. The number of hydrogen-bond acceptors (Lipinski definition) is 3. The number of nitrogens with one attached hydrogen (secondary N) is 1. The molecular formula is C17H27FN2O. The van der Waals surface area contributed by atoms with Crippen molar-refractivity contribution < 1.29 is 9.50 Å². The van der Waals surface area contributed by atoms with Gasteiger partial charge in [0.2, 0.25) is 0 Å². The minimum atomic E-state index is -0.176. The highest BCUT2D eigenvalue weighted by atomic mass is 19.1. The fourth-order valence-corrected chi connectivity index (χ4v) is 3.16. The Bertz CT molecular complexity index is 433. The molecule has 0 heterocycles. The second kappa shape index (κ2) is 8.35. The molecule has 1 aromatic carbocycles. The molecule has 1 aliphatic rings. The number of rotatable bonds is 7. The lowest BCUT2D eigenvalue weighted by Gasteiger charge is -2.36. The van der Waals surface area contributed by atoms with Gasteiger partial charge in [0, 0.05) is 19.1 Å². The number of halogens is 1. The summed E-state index contributed by atoms with van der Waals surface area (Å²) in [5.41, 5.74) is 1.60. The maximum absolute atomic E-state index is 14.5. The predicted molar refractivity (Wildman–Crippen MR) is 85.1 cm³/mol. The number of anilines is 1. The van der Waals surface area contributed by atoms with E-state index < -0.39 is 0 Å². The lowest BCUT2D eigenvalue weighted by atomic mass is 9.93. The van der Waals surface area contributed by atoms with Crippen molar-refractivity contribution in [2.24, 2.45) is 0 Å². The second-order valence-electron chi connectivity index (χ2n) is 5.77. The van der Waals surface area contributed by atoms with Crippen LogP contribution in [0.25, 0.3) is 0 Å². The van der Waals surface area contributed by atoms with E-state index in [1.165, 1.54) is 19.3 Å². The molecule has 0 saturated heterocycles. The summed E-state index contributed by atoms with van der Waals surface area (Å²) in [5, 5.41) is 12.5. The molecule has 4 heteroatoms. The van der Waals surface area contributed by atoms with Gasteiger partial charge in [0.05, 0.1) is 12.3 Å². The van der Waals surface area contributed by atoms with Crippen LogP contribution in [0.5, 0.6) is 0 Å². The van der Waals surface area contributed by atoms with Crippen LogP contribution in [-0.4, -0.2) is 30.8 Å². The predicted octanol–water partition coefficient (Wildman–Crippen LogP) is 3.07. The van der Waals surface area contributed by atoms with Gasteiger partial charge in [-0.1, -0.05) is 32.3 Å². The highest BCUT2D eigenvalue weighted by molar-refractivity contribution is 5.50. The van der Waals surface area contributed by atoms with Crippen LogP contribution in [0.2, 0.25) is 0 Å². The van der Waals surface area contributed by atoms with Gasteiger partial charge in [-0.05, 0) is 37.1 Å². The van der Waals surface area contributed by atoms with E-state index in [-0.39, 0.29) is 12.4 Å². The van der Waals surface area contributed by atoms with E-state index in [2.05, 4.69) is 10.2 Å². The minimum absolute atomic E-state index is 0.0646. The van der Waals surface area contributed by atoms with Crippen LogP contribution in [0.15, 0.2) is 18.2 Å². The molecule has 0 bridgehead atoms. The normalized spacial score (nSPS) is 16.1. The molecule has 1 saturated carbocycles. The van der Waals surface area contributed by atoms with Gasteiger partial charge < -0.3 is 15.3 Å². The average Bonchev–Trinajstić information content (AvgIpc) is 2.52. The third-order valence-corrected chi connectivity index (χ3v) is 4.26. The van der Waals surface area contributed by atoms with Gasteiger partial charge in [-0.25, -0.2) is 4.39 Å². The molecule has 0 amide bonds. The van der Waals surface area contributed by atoms with Crippen LogP contribution >= 0.6 is 0 Å². The van der Waals surface area contributed by atoms with Gasteiger partial charge in [-0.2, -0.15) is 0 Å². The third-order valence-electron chi connectivity index (χ3n) is 4.26. The highest BCUT2D eigenvalue weighted by Crippen LogP contribution is 2.29. The van der Waals surface area contributed by atoms with E-state index in [1.807, 2.05) is 19.1 Å². The zero-order valence-electron chi connectivity index (χ0n) is 12.9. The smallest absolute Gasteiger partial charge is 0.146 e. The molecule has 0 unspecified atom stereocenters. The molecule has 0 atom stereocenters. The number of nitrogens with zero attached hydrogens (tertiary/aromatic N) is 1. The van der Waals surface area contributed by atoms with E-state index in [9.17, 15) is 9.50 Å². The Morgan fingerprint density at radius 2 is 2.05 bits per heavy atom. The molecule has 1 aromatic rings. The maximum Gasteiger partial charge on any atom is 0.146 e. The molecule has 1 fully saturated rings. The van der Waals surface area contributed by atoms with E-state index in [0.717, 1.165) is 24.9 Å². The number of aliphatic hydroxyl groups is 1. The topological polar surface area (TPSA) is 35.5 Å². The summed E-state index contributed by atoms with van der Waals surface area (Å²) in [6.45, 7) is 4.18. The molecule has 0 aliphatic heterocycles. The van der Waals surface area contributed by atoms with Crippen molar-refractivity contribution in [1.29, 1.82) is 0 Å². The first-order valence-corrected chi connectivity index (χ1v) is 8.13. The summed E-state index contributed by atoms with van der Waals surface area (Å²) >= 11 is 0. The summed E-state index contributed by atoms with van der Waals surface area (Å²) in [6.07, 6.45) is 5.87. The van der Waals surface area contributed by atoms with Crippen molar-refractivity contribution >= 4 is 5.69 Å². The summed E-state index contributed by atoms with van der Waals surface area (Å²) in [4.78, 5) is 2.06. The zero-order valence-corrected chi connectivity index (χ0v) is 12.9. The van der Waals surface area contributed by atoms with Crippen LogP contribution in [0.3, 0.4) is 0 Å². The summed E-state index contributed by atoms with van der Waals surface area (Å²) < 4.78 is 14.5. The average molecular weight is 294 g/mol. The van der Waals surface area contributed by atoms with Gasteiger partial charge in [0.25, 0.3) is 0 Å². The molecule has 21 heavy (non-hydrogen) atoms. The van der Waals surface area contributed by atoms with Crippen LogP contribution in [0, 0.1) is 5.82 Å². The summed E-state index contributed by atoms with van der Waals surface area (Å²) in [6, 6.07) is 5.83. The Morgan fingerprint density at radius 1 is 1.29 bits per heavy atom. The lowest BCUT2D eigenvalue weighted by Crippen LogP contribution is -2.39. The van der Waals surface area contributed by atoms with E-state index >= 15 is 0 Å². The van der Waals surface area contributed by atoms with E-state index in [0.29, 0.717) is 24.8 Å². The first-order chi connectivity index (χ1) is 10.3. The van der Waals surface area contributed by atoms with Crippen LogP contribution in [0.1, 0.15) is 44.6 Å². The molecule has 0 aromatic heterocycles. The molecular weight excluding hydrogens is 267 g/mol. The fraction of sp³-hybridized carbons (Fsp3) is 0.647. The lowest BCUT2D eigenvalue weighted by molar-refractivity contribution is 0.289. The van der Waals surface area contributed by atoms with Crippen molar-refractivity contribution in [3.05, 3.63) is 29.6 Å². The standard InChI is InChI=1S/C17H27FN2O/c1-2-19-13-14-8-9-17(16(18)12-14)20(10-11-21)15-6-4-3-5-7-15/h8-9,12,15,19,21H,2-7,10-11,13H2,1H3. The summed E-state index contributed by atoms with van der Waals surface area (Å²) in [7, 11) is 0. The zero-order chi connectivity index (χ0) is 15.1. The monoisotopic (exact) mass is 294 g/mol. The Labute approximate surface area is 127 Å². The second-order valence-corrected chi connectivity index (χ2v) is 5.77. The molecule has 2 rings (SSSR count). The Hall–Kier alpha value is -1.13. The Morgan fingerprint density at radius 3 is 2.67 bits per heavy atom. The van der Waals surface area contributed by atoms with Crippen LogP contribution in [0.4, 0.5) is 10.1 Å². The third kappa shape index (κ3) is 4.42. The minimum Gasteiger partial charge on any atom is -0.395 e. The largest absolute Gasteiger partial charge is 0.395 e. The molecule has 3 nitrogen and oxygen atoms in total. The van der Waals surface area contributed by atoms with Crippen molar-refractivity contribution in [3.63, 3.8) is 0 Å². The maximum atomic E-state index is 14.5. The molecule has 0 radical (unpaired) electrons. The first-order valence-electron chi connectivity index (χ1n) is 8.13. The Kier molecular flexibility index (Phi) is 6.46. The van der Waals surface area contributed by atoms with Crippen molar-refractivity contribution in [3.8, 4) is 0 Å². The highest BCUT2D eigenvalue weighted by Gasteiger charge is 2.23. The molecule has 1 aliphatic carbocycles. The van der Waals surface area contributed by atoms with Crippen molar-refractivity contribution in [1.82, 2.24) is 5.32 Å². The SMILES string of the molecule is CCNCc1ccc(N(CCO)C2CCCCC2)c(F)c1. The van der Waals surface area contributed by atoms with Crippen molar-refractivity contribution in [2.75, 3.05) is 24.6 Å². The summed E-state index contributed by atoms with van der Waals surface area (Å²) in [5.74, 6) is -0.176. The first kappa shape index (κ1) is 16.2. The molecule has 0 spiro atoms. The van der Waals surface area contributed by atoms with E-state index in [1.54, 1.807) is 6.07 Å². The van der Waals surface area contributed by atoms with Crippen molar-refractivity contribution in [2.45, 2.75) is 51.6 Å². The van der Waals surface area contributed by atoms with Gasteiger partial charge in [-0.3, -0.25) is 0 Å². The van der Waals surface area contributed by atoms with Gasteiger partial charge >= 0.3 is 0 Å². The van der Waals surface area contributed by atoms with Crippen LogP contribution in [-0.2, 0) is 6.54 Å². The number of hydrogen-bond donors (Lipinski definition) is 2. The fourth-order valence-electron chi connectivity index (χ4n) is 3.16. The molecule has 118 valence electrons. The van der Waals surface area contributed by atoms with Gasteiger partial charge in [-0.15, -0.1) is 0 Å².